The quantitative estimate of drug-likeness (QED) is 0.637. The van der Waals surface area contributed by atoms with Crippen molar-refractivity contribution >= 4 is 22.4 Å². The first-order chi connectivity index (χ1) is 13.6. The molecule has 0 spiro atoms. The molecule has 28 heavy (non-hydrogen) atoms. The van der Waals surface area contributed by atoms with E-state index in [2.05, 4.69) is 46.2 Å². The number of hydrogen-bond donors (Lipinski definition) is 2. The fraction of sp³-hybridized carbons (Fsp3) is 0.364. The van der Waals surface area contributed by atoms with Gasteiger partial charge in [0.05, 0.1) is 11.6 Å². The first-order valence-corrected chi connectivity index (χ1v) is 9.75. The Labute approximate surface area is 165 Å². The Morgan fingerprint density at radius 3 is 2.68 bits per heavy atom. The molecule has 0 bridgehead atoms. The maximum Gasteiger partial charge on any atom is 0.235 e. The minimum Gasteiger partial charge on any atom is -0.353 e. The molecule has 1 fully saturated rings. The lowest BCUT2D eigenvalue weighted by molar-refractivity contribution is -0.110. The molecule has 1 aliphatic rings. The van der Waals surface area contributed by atoms with Crippen LogP contribution < -0.4 is 10.2 Å². The monoisotopic (exact) mass is 378 g/mol. The highest BCUT2D eigenvalue weighted by Crippen LogP contribution is 2.27. The van der Waals surface area contributed by atoms with Crippen molar-refractivity contribution < 1.29 is 9.84 Å². The van der Waals surface area contributed by atoms with Crippen LogP contribution in [-0.2, 0) is 4.74 Å². The van der Waals surface area contributed by atoms with Gasteiger partial charge in [-0.1, -0.05) is 38.1 Å². The number of fused-ring (bicyclic) bond motifs is 1. The SMILES string of the molecule is CC(C)c1ccc(NC(O)OC2CCN(c3ncnc4ccccc34)C2)cc1. The van der Waals surface area contributed by atoms with Crippen LogP contribution in [0.5, 0.6) is 0 Å². The average molecular weight is 378 g/mol. The molecule has 1 saturated heterocycles. The van der Waals surface area contributed by atoms with E-state index in [1.165, 1.54) is 5.56 Å². The third-order valence-electron chi connectivity index (χ3n) is 5.16. The van der Waals surface area contributed by atoms with Gasteiger partial charge in [0.1, 0.15) is 12.1 Å². The summed E-state index contributed by atoms with van der Waals surface area (Å²) in [6.07, 6.45) is 1.33. The molecule has 2 unspecified atom stereocenters. The summed E-state index contributed by atoms with van der Waals surface area (Å²) in [7, 11) is 0. The van der Waals surface area contributed by atoms with E-state index >= 15 is 0 Å². The summed E-state index contributed by atoms with van der Waals surface area (Å²) >= 11 is 0. The Morgan fingerprint density at radius 2 is 1.89 bits per heavy atom. The van der Waals surface area contributed by atoms with Crippen molar-refractivity contribution in [3.63, 3.8) is 0 Å². The topological polar surface area (TPSA) is 70.5 Å². The Kier molecular flexibility index (Phi) is 5.41. The summed E-state index contributed by atoms with van der Waals surface area (Å²) in [5.74, 6) is 1.40. The van der Waals surface area contributed by atoms with Gasteiger partial charge >= 0.3 is 0 Å². The highest BCUT2D eigenvalue weighted by molar-refractivity contribution is 5.89. The number of aromatic nitrogens is 2. The number of hydrogen-bond acceptors (Lipinski definition) is 6. The van der Waals surface area contributed by atoms with Crippen molar-refractivity contribution in [2.45, 2.75) is 38.7 Å². The van der Waals surface area contributed by atoms with Gasteiger partial charge in [-0.25, -0.2) is 9.97 Å². The third-order valence-corrected chi connectivity index (χ3v) is 5.16. The van der Waals surface area contributed by atoms with E-state index in [9.17, 15) is 5.11 Å². The van der Waals surface area contributed by atoms with E-state index in [1.54, 1.807) is 6.33 Å². The van der Waals surface area contributed by atoms with E-state index in [0.717, 1.165) is 35.4 Å². The van der Waals surface area contributed by atoms with Gasteiger partial charge in [-0.2, -0.15) is 0 Å². The summed E-state index contributed by atoms with van der Waals surface area (Å²) < 4.78 is 5.82. The maximum atomic E-state index is 10.3. The van der Waals surface area contributed by atoms with Crippen molar-refractivity contribution in [3.8, 4) is 0 Å². The number of nitrogens with one attached hydrogen (secondary N) is 1. The van der Waals surface area contributed by atoms with Crippen molar-refractivity contribution in [1.29, 1.82) is 0 Å². The smallest absolute Gasteiger partial charge is 0.235 e. The summed E-state index contributed by atoms with van der Waals surface area (Å²) in [6, 6.07) is 16.1. The lowest BCUT2D eigenvalue weighted by Crippen LogP contribution is -2.31. The molecule has 0 aliphatic carbocycles. The molecule has 0 amide bonds. The number of aliphatic hydroxyl groups excluding tert-OH is 1. The molecule has 0 radical (unpaired) electrons. The van der Waals surface area contributed by atoms with Crippen LogP contribution in [0.25, 0.3) is 10.9 Å². The summed E-state index contributed by atoms with van der Waals surface area (Å²) in [6.45, 7) is 5.84. The number of nitrogens with zero attached hydrogens (tertiary/aromatic N) is 3. The zero-order valence-corrected chi connectivity index (χ0v) is 16.2. The summed E-state index contributed by atoms with van der Waals surface area (Å²) in [5.41, 5.74) is 3.04. The van der Waals surface area contributed by atoms with Gasteiger partial charge in [-0.3, -0.25) is 0 Å². The molecular formula is C22H26N4O2. The van der Waals surface area contributed by atoms with Gasteiger partial charge in [0.25, 0.3) is 0 Å². The van der Waals surface area contributed by atoms with Crippen LogP contribution in [0.2, 0.25) is 0 Å². The number of anilines is 2. The highest BCUT2D eigenvalue weighted by atomic mass is 16.6. The second kappa shape index (κ2) is 8.12. The molecule has 6 nitrogen and oxygen atoms in total. The number of benzene rings is 2. The fourth-order valence-electron chi connectivity index (χ4n) is 3.60. The predicted octanol–water partition coefficient (Wildman–Crippen LogP) is 3.74. The third kappa shape index (κ3) is 4.08. The van der Waals surface area contributed by atoms with E-state index in [4.69, 9.17) is 4.74 Å². The molecule has 0 saturated carbocycles. The number of aliphatic hydroxyl groups is 1. The maximum absolute atomic E-state index is 10.3. The molecule has 2 N–H and O–H groups in total. The molecule has 4 rings (SSSR count). The van der Waals surface area contributed by atoms with Crippen molar-refractivity contribution in [2.24, 2.45) is 0 Å². The molecular weight excluding hydrogens is 352 g/mol. The zero-order valence-electron chi connectivity index (χ0n) is 16.2. The van der Waals surface area contributed by atoms with E-state index < -0.39 is 6.41 Å². The highest BCUT2D eigenvalue weighted by Gasteiger charge is 2.27. The normalized spacial score (nSPS) is 18.0. The standard InChI is InChI=1S/C22H26N4O2/c1-15(2)16-7-9-17(10-8-16)25-22(27)28-18-11-12-26(13-18)21-19-5-3-4-6-20(19)23-14-24-21/h3-10,14-15,18,22,25,27H,11-13H2,1-2H3. The summed E-state index contributed by atoms with van der Waals surface area (Å²) in [5, 5.41) is 14.3. The second-order valence-electron chi connectivity index (χ2n) is 7.48. The molecule has 3 aromatic rings. The lowest BCUT2D eigenvalue weighted by Gasteiger charge is -2.21. The van der Waals surface area contributed by atoms with Crippen LogP contribution in [0.4, 0.5) is 11.5 Å². The van der Waals surface area contributed by atoms with Crippen LogP contribution in [0.3, 0.4) is 0 Å². The van der Waals surface area contributed by atoms with Crippen LogP contribution in [0, 0.1) is 0 Å². The number of para-hydroxylation sites is 1. The first kappa shape index (κ1) is 18.7. The van der Waals surface area contributed by atoms with Crippen LogP contribution >= 0.6 is 0 Å². The second-order valence-corrected chi connectivity index (χ2v) is 7.48. The van der Waals surface area contributed by atoms with Crippen LogP contribution in [-0.4, -0.2) is 40.7 Å². The van der Waals surface area contributed by atoms with E-state index in [0.29, 0.717) is 12.5 Å². The Balaban J connectivity index is 1.36. The van der Waals surface area contributed by atoms with Crippen LogP contribution in [0.1, 0.15) is 31.7 Å². The lowest BCUT2D eigenvalue weighted by atomic mass is 10.0. The Hall–Kier alpha value is -2.70. The van der Waals surface area contributed by atoms with Crippen molar-refractivity contribution in [1.82, 2.24) is 9.97 Å². The van der Waals surface area contributed by atoms with Gasteiger partial charge in [-0.15, -0.1) is 0 Å². The average Bonchev–Trinajstić information content (AvgIpc) is 3.16. The van der Waals surface area contributed by atoms with Crippen LogP contribution in [0.15, 0.2) is 54.9 Å². The molecule has 146 valence electrons. The molecule has 1 aliphatic heterocycles. The molecule has 1 aromatic heterocycles. The van der Waals surface area contributed by atoms with Crippen molar-refractivity contribution in [3.05, 3.63) is 60.4 Å². The Bertz CT molecular complexity index is 924. The Morgan fingerprint density at radius 1 is 1.11 bits per heavy atom. The van der Waals surface area contributed by atoms with Crippen molar-refractivity contribution in [2.75, 3.05) is 23.3 Å². The largest absolute Gasteiger partial charge is 0.353 e. The van der Waals surface area contributed by atoms with Gasteiger partial charge in [-0.05, 0) is 42.2 Å². The molecule has 2 heterocycles. The number of ether oxygens (including phenoxy) is 1. The summed E-state index contributed by atoms with van der Waals surface area (Å²) in [4.78, 5) is 11.0. The van der Waals surface area contributed by atoms with E-state index in [-0.39, 0.29) is 6.10 Å². The van der Waals surface area contributed by atoms with Gasteiger partial charge in [0.2, 0.25) is 6.41 Å². The predicted molar refractivity (Wildman–Crippen MR) is 111 cm³/mol. The first-order valence-electron chi connectivity index (χ1n) is 9.75. The molecule has 2 aromatic carbocycles. The van der Waals surface area contributed by atoms with Gasteiger partial charge < -0.3 is 20.1 Å². The minimum atomic E-state index is -1.04. The van der Waals surface area contributed by atoms with Gasteiger partial charge in [0.15, 0.2) is 0 Å². The molecule has 6 heteroatoms. The van der Waals surface area contributed by atoms with E-state index in [1.807, 2.05) is 36.4 Å². The number of rotatable bonds is 6. The minimum absolute atomic E-state index is 0.0637. The zero-order chi connectivity index (χ0) is 19.5. The van der Waals surface area contributed by atoms with Gasteiger partial charge in [0, 0.05) is 24.2 Å². The fourth-order valence-corrected chi connectivity index (χ4v) is 3.60. The molecule has 2 atom stereocenters.